The standard InChI is InChI=1S/C12H7Br2F3N2O2S/c13-10-5-8(6-11(14)18-10)19-22(20,21)9-3-1-2-7(4-9)12(15,16)17/h1-6H,(H,18,19). The summed E-state index contributed by atoms with van der Waals surface area (Å²) in [5, 5.41) is 0. The fraction of sp³-hybridized carbons (Fsp3) is 0.0833. The molecule has 118 valence electrons. The molecule has 0 aliphatic rings. The Labute approximate surface area is 141 Å². The number of benzene rings is 1. The van der Waals surface area contributed by atoms with Gasteiger partial charge in [0.1, 0.15) is 9.21 Å². The van der Waals surface area contributed by atoms with E-state index in [0.29, 0.717) is 15.3 Å². The molecule has 0 spiro atoms. The van der Waals surface area contributed by atoms with Crippen LogP contribution in [0.15, 0.2) is 50.5 Å². The van der Waals surface area contributed by atoms with Gasteiger partial charge in [0.25, 0.3) is 10.0 Å². The summed E-state index contributed by atoms with van der Waals surface area (Å²) in [4.78, 5) is 3.45. The molecule has 0 atom stereocenters. The van der Waals surface area contributed by atoms with Gasteiger partial charge in [0, 0.05) is 0 Å². The van der Waals surface area contributed by atoms with E-state index in [-0.39, 0.29) is 5.69 Å². The zero-order valence-electron chi connectivity index (χ0n) is 10.5. The molecule has 1 aromatic carbocycles. The molecule has 0 bridgehead atoms. The first-order chi connectivity index (χ1) is 10.1. The lowest BCUT2D eigenvalue weighted by Crippen LogP contribution is -2.14. The summed E-state index contributed by atoms with van der Waals surface area (Å²) < 4.78 is 65.2. The maximum Gasteiger partial charge on any atom is 0.416 e. The van der Waals surface area contributed by atoms with Crippen molar-refractivity contribution in [1.29, 1.82) is 0 Å². The van der Waals surface area contributed by atoms with Crippen LogP contribution in [0.25, 0.3) is 0 Å². The normalized spacial score (nSPS) is 12.2. The van der Waals surface area contributed by atoms with Crippen LogP contribution >= 0.6 is 31.9 Å². The summed E-state index contributed by atoms with van der Waals surface area (Å²) in [6.45, 7) is 0. The molecule has 10 heteroatoms. The van der Waals surface area contributed by atoms with E-state index in [1.54, 1.807) is 0 Å². The Kier molecular flexibility index (Phi) is 4.83. The third-order valence-corrected chi connectivity index (χ3v) is 4.68. The number of hydrogen-bond acceptors (Lipinski definition) is 3. The summed E-state index contributed by atoms with van der Waals surface area (Å²) in [5.41, 5.74) is -0.876. The van der Waals surface area contributed by atoms with Crippen LogP contribution in [-0.4, -0.2) is 13.4 Å². The van der Waals surface area contributed by atoms with E-state index in [2.05, 4.69) is 41.6 Å². The Hall–Kier alpha value is -1.13. The third-order valence-electron chi connectivity index (χ3n) is 2.49. The second-order valence-corrected chi connectivity index (χ2v) is 7.44. The summed E-state index contributed by atoms with van der Waals surface area (Å²) in [6, 6.07) is 6.27. The Morgan fingerprint density at radius 2 is 1.64 bits per heavy atom. The zero-order chi connectivity index (χ0) is 16.5. The van der Waals surface area contributed by atoms with Gasteiger partial charge in [-0.05, 0) is 62.2 Å². The van der Waals surface area contributed by atoms with Gasteiger partial charge in [0.15, 0.2) is 0 Å². The average Bonchev–Trinajstić information content (AvgIpc) is 2.36. The molecular formula is C12H7Br2F3N2O2S. The largest absolute Gasteiger partial charge is 0.416 e. The SMILES string of the molecule is O=S(=O)(Nc1cc(Br)nc(Br)c1)c1cccc(C(F)(F)F)c1. The van der Waals surface area contributed by atoms with E-state index in [0.717, 1.165) is 18.2 Å². The summed E-state index contributed by atoms with van der Waals surface area (Å²) in [5.74, 6) is 0. The first-order valence-corrected chi connectivity index (χ1v) is 8.68. The van der Waals surface area contributed by atoms with Gasteiger partial charge in [0.05, 0.1) is 16.1 Å². The molecular weight excluding hydrogens is 453 g/mol. The first kappa shape index (κ1) is 17.2. The van der Waals surface area contributed by atoms with Gasteiger partial charge in [-0.25, -0.2) is 13.4 Å². The van der Waals surface area contributed by atoms with E-state index in [9.17, 15) is 21.6 Å². The van der Waals surface area contributed by atoms with E-state index >= 15 is 0 Å². The van der Waals surface area contributed by atoms with Crippen molar-refractivity contribution >= 4 is 47.6 Å². The highest BCUT2D eigenvalue weighted by Gasteiger charge is 2.31. The third kappa shape index (κ3) is 4.20. The van der Waals surface area contributed by atoms with Crippen molar-refractivity contribution in [2.45, 2.75) is 11.1 Å². The van der Waals surface area contributed by atoms with Crippen LogP contribution < -0.4 is 4.72 Å². The lowest BCUT2D eigenvalue weighted by Gasteiger charge is -2.11. The molecule has 1 aromatic heterocycles. The summed E-state index contributed by atoms with van der Waals surface area (Å²) in [7, 11) is -4.15. The summed E-state index contributed by atoms with van der Waals surface area (Å²) in [6.07, 6.45) is -4.62. The fourth-order valence-corrected chi connectivity index (χ4v) is 3.78. The van der Waals surface area contributed by atoms with Crippen molar-refractivity contribution in [2.24, 2.45) is 0 Å². The highest BCUT2D eigenvalue weighted by molar-refractivity contribution is 9.11. The van der Waals surface area contributed by atoms with E-state index in [4.69, 9.17) is 0 Å². The van der Waals surface area contributed by atoms with Crippen molar-refractivity contribution in [3.8, 4) is 0 Å². The molecule has 2 aromatic rings. The van der Waals surface area contributed by atoms with Crippen LogP contribution in [0.4, 0.5) is 18.9 Å². The van der Waals surface area contributed by atoms with Crippen LogP contribution in [0, 0.1) is 0 Å². The molecule has 1 heterocycles. The van der Waals surface area contributed by atoms with Gasteiger partial charge in [-0.3, -0.25) is 4.72 Å². The van der Waals surface area contributed by atoms with Crippen LogP contribution in [0.3, 0.4) is 0 Å². The maximum absolute atomic E-state index is 12.7. The molecule has 0 aliphatic heterocycles. The van der Waals surface area contributed by atoms with Crippen molar-refractivity contribution in [2.75, 3.05) is 4.72 Å². The molecule has 1 N–H and O–H groups in total. The number of halogens is 5. The van der Waals surface area contributed by atoms with Crippen LogP contribution in [-0.2, 0) is 16.2 Å². The minimum Gasteiger partial charge on any atom is -0.279 e. The molecule has 2 rings (SSSR count). The number of nitrogens with zero attached hydrogens (tertiary/aromatic N) is 1. The second kappa shape index (κ2) is 6.17. The Bertz CT molecular complexity index is 790. The van der Waals surface area contributed by atoms with Gasteiger partial charge in [-0.2, -0.15) is 13.2 Å². The highest BCUT2D eigenvalue weighted by atomic mass is 79.9. The quantitative estimate of drug-likeness (QED) is 0.691. The smallest absolute Gasteiger partial charge is 0.279 e. The van der Waals surface area contributed by atoms with E-state index in [1.165, 1.54) is 12.1 Å². The highest BCUT2D eigenvalue weighted by Crippen LogP contribution is 2.31. The Balaban J connectivity index is 2.39. The number of rotatable bonds is 3. The predicted octanol–water partition coefficient (Wildman–Crippen LogP) is 4.43. The molecule has 0 unspecified atom stereocenters. The lowest BCUT2D eigenvalue weighted by atomic mass is 10.2. The molecule has 0 saturated carbocycles. The van der Waals surface area contributed by atoms with Gasteiger partial charge in [-0.15, -0.1) is 0 Å². The molecule has 0 saturated heterocycles. The second-order valence-electron chi connectivity index (χ2n) is 4.13. The predicted molar refractivity (Wildman–Crippen MR) is 81.9 cm³/mol. The van der Waals surface area contributed by atoms with Gasteiger partial charge in [-0.1, -0.05) is 6.07 Å². The van der Waals surface area contributed by atoms with Crippen molar-refractivity contribution in [3.05, 3.63) is 51.2 Å². The minimum atomic E-state index is -4.62. The average molecular weight is 460 g/mol. The summed E-state index contributed by atoms with van der Waals surface area (Å²) >= 11 is 6.18. The zero-order valence-corrected chi connectivity index (χ0v) is 14.5. The number of aromatic nitrogens is 1. The van der Waals surface area contributed by atoms with Crippen LogP contribution in [0.2, 0.25) is 0 Å². The fourth-order valence-electron chi connectivity index (χ4n) is 1.58. The van der Waals surface area contributed by atoms with E-state index in [1.807, 2.05) is 0 Å². The number of hydrogen-bond donors (Lipinski definition) is 1. The van der Waals surface area contributed by atoms with Gasteiger partial charge < -0.3 is 0 Å². The lowest BCUT2D eigenvalue weighted by molar-refractivity contribution is -0.137. The minimum absolute atomic E-state index is 0.158. The molecule has 22 heavy (non-hydrogen) atoms. The molecule has 0 amide bonds. The van der Waals surface area contributed by atoms with Crippen molar-refractivity contribution in [3.63, 3.8) is 0 Å². The van der Waals surface area contributed by atoms with Crippen molar-refractivity contribution < 1.29 is 21.6 Å². The van der Waals surface area contributed by atoms with Crippen molar-refractivity contribution in [1.82, 2.24) is 4.98 Å². The number of pyridine rings is 1. The molecule has 0 aliphatic carbocycles. The number of alkyl halides is 3. The molecule has 4 nitrogen and oxygen atoms in total. The van der Waals surface area contributed by atoms with Gasteiger partial charge >= 0.3 is 6.18 Å². The van der Waals surface area contributed by atoms with Gasteiger partial charge in [0.2, 0.25) is 0 Å². The molecule has 0 fully saturated rings. The Morgan fingerprint density at radius 1 is 1.05 bits per heavy atom. The topological polar surface area (TPSA) is 59.1 Å². The molecule has 0 radical (unpaired) electrons. The van der Waals surface area contributed by atoms with E-state index < -0.39 is 26.7 Å². The monoisotopic (exact) mass is 458 g/mol. The number of anilines is 1. The number of nitrogens with one attached hydrogen (secondary N) is 1. The maximum atomic E-state index is 12.7. The first-order valence-electron chi connectivity index (χ1n) is 5.61. The Morgan fingerprint density at radius 3 is 2.18 bits per heavy atom. The van der Waals surface area contributed by atoms with Crippen LogP contribution in [0.5, 0.6) is 0 Å². The van der Waals surface area contributed by atoms with Crippen LogP contribution in [0.1, 0.15) is 5.56 Å². The number of sulfonamides is 1.